The van der Waals surface area contributed by atoms with Gasteiger partial charge in [-0.25, -0.2) is 9.78 Å². The Morgan fingerprint density at radius 2 is 2.07 bits per heavy atom. The number of nitrogens with zero attached hydrogens (tertiary/aromatic N) is 3. The molecule has 3 aromatic rings. The summed E-state index contributed by atoms with van der Waals surface area (Å²) in [7, 11) is 0. The van der Waals surface area contributed by atoms with Crippen LogP contribution in [-0.4, -0.2) is 27.4 Å². The minimum Gasteiger partial charge on any atom is -0.315 e. The summed E-state index contributed by atoms with van der Waals surface area (Å²) >= 11 is 7.41. The quantitative estimate of drug-likeness (QED) is 0.423. The number of nitrogens with one attached hydrogen (secondary N) is 1. The van der Waals surface area contributed by atoms with Gasteiger partial charge in [-0.3, -0.25) is 10.1 Å². The van der Waals surface area contributed by atoms with Gasteiger partial charge in [0, 0.05) is 23.8 Å². The Hall–Kier alpha value is -2.97. The molecule has 1 aliphatic heterocycles. The fraction of sp³-hybridized carbons (Fsp3) is 0.200. The van der Waals surface area contributed by atoms with Crippen LogP contribution in [0.4, 0.5) is 16.2 Å². The Morgan fingerprint density at radius 3 is 2.83 bits per heavy atom. The third kappa shape index (κ3) is 4.08. The van der Waals surface area contributed by atoms with E-state index in [1.165, 1.54) is 18.2 Å². The molecule has 0 bridgehead atoms. The standard InChI is InChI=1S/C20H17ClN4O3S/c21-14-8-9-15(17(11-14)25(27)28)23-20(26)24-10-4-7-16(24)19-22-12-18(29-19)13-5-2-1-3-6-13/h1-3,5-6,8-9,11-12,16H,4,7,10H2,(H,23,26)/t16-/m0/s1. The highest BCUT2D eigenvalue weighted by atomic mass is 35.5. The minimum absolute atomic E-state index is 0.124. The van der Waals surface area contributed by atoms with Crippen LogP contribution >= 0.6 is 22.9 Å². The van der Waals surface area contributed by atoms with Crippen molar-refractivity contribution in [2.45, 2.75) is 18.9 Å². The Labute approximate surface area is 176 Å². The molecule has 1 N–H and O–H groups in total. The van der Waals surface area contributed by atoms with Gasteiger partial charge in [0.2, 0.25) is 0 Å². The molecule has 1 aliphatic rings. The Morgan fingerprint density at radius 1 is 1.28 bits per heavy atom. The van der Waals surface area contributed by atoms with Crippen molar-refractivity contribution < 1.29 is 9.72 Å². The molecule has 0 spiro atoms. The Bertz CT molecular complexity index is 1060. The number of urea groups is 1. The van der Waals surface area contributed by atoms with Gasteiger partial charge in [-0.05, 0) is 30.5 Å². The maximum Gasteiger partial charge on any atom is 0.322 e. The summed E-state index contributed by atoms with van der Waals surface area (Å²) in [4.78, 5) is 30.9. The van der Waals surface area contributed by atoms with E-state index in [9.17, 15) is 14.9 Å². The van der Waals surface area contributed by atoms with Crippen molar-refractivity contribution in [1.82, 2.24) is 9.88 Å². The molecule has 2 aromatic carbocycles. The lowest BCUT2D eigenvalue weighted by Gasteiger charge is -2.23. The fourth-order valence-electron chi connectivity index (χ4n) is 3.39. The molecule has 4 rings (SSSR count). The number of nitro benzene ring substituents is 1. The van der Waals surface area contributed by atoms with Gasteiger partial charge in [-0.15, -0.1) is 11.3 Å². The third-order valence-electron chi connectivity index (χ3n) is 4.78. The first-order valence-electron chi connectivity index (χ1n) is 9.05. The van der Waals surface area contributed by atoms with E-state index >= 15 is 0 Å². The van der Waals surface area contributed by atoms with Crippen molar-refractivity contribution in [2.24, 2.45) is 0 Å². The average Bonchev–Trinajstić information content (AvgIpc) is 3.39. The Balaban J connectivity index is 1.54. The lowest BCUT2D eigenvalue weighted by molar-refractivity contribution is -0.383. The molecular weight excluding hydrogens is 412 g/mol. The van der Waals surface area contributed by atoms with Gasteiger partial charge in [-0.2, -0.15) is 0 Å². The molecule has 148 valence electrons. The van der Waals surface area contributed by atoms with Crippen LogP contribution in [0.25, 0.3) is 10.4 Å². The predicted molar refractivity (Wildman–Crippen MR) is 113 cm³/mol. The highest BCUT2D eigenvalue weighted by molar-refractivity contribution is 7.15. The van der Waals surface area contributed by atoms with Crippen LogP contribution in [-0.2, 0) is 0 Å². The normalized spacial score (nSPS) is 16.0. The van der Waals surface area contributed by atoms with Gasteiger partial charge in [0.1, 0.15) is 10.7 Å². The predicted octanol–water partition coefficient (Wildman–Crippen LogP) is 5.74. The van der Waals surface area contributed by atoms with Crippen molar-refractivity contribution >= 4 is 40.3 Å². The molecule has 2 heterocycles. The van der Waals surface area contributed by atoms with Gasteiger partial charge in [0.15, 0.2) is 0 Å². The summed E-state index contributed by atoms with van der Waals surface area (Å²) in [6, 6.07) is 13.6. The number of aromatic nitrogens is 1. The highest BCUT2D eigenvalue weighted by Crippen LogP contribution is 2.38. The molecule has 1 atom stereocenters. The second-order valence-corrected chi connectivity index (χ2v) is 8.13. The number of likely N-dealkylation sites (tertiary alicyclic amines) is 1. The third-order valence-corrected chi connectivity index (χ3v) is 6.16. The van der Waals surface area contributed by atoms with Gasteiger partial charge in [-0.1, -0.05) is 41.9 Å². The van der Waals surface area contributed by atoms with Crippen molar-refractivity contribution in [3.63, 3.8) is 0 Å². The first kappa shape index (κ1) is 19.4. The van der Waals surface area contributed by atoms with Gasteiger partial charge < -0.3 is 10.2 Å². The molecule has 0 aliphatic carbocycles. The average molecular weight is 429 g/mol. The SMILES string of the molecule is O=C(Nc1ccc(Cl)cc1[N+](=O)[O-])N1CCC[C@H]1c1ncc(-c2ccccc2)s1. The summed E-state index contributed by atoms with van der Waals surface area (Å²) in [5, 5.41) is 15.0. The second-order valence-electron chi connectivity index (χ2n) is 6.63. The van der Waals surface area contributed by atoms with E-state index in [4.69, 9.17) is 11.6 Å². The molecule has 1 fully saturated rings. The van der Waals surface area contributed by atoms with Gasteiger partial charge in [0.05, 0.1) is 15.8 Å². The van der Waals surface area contributed by atoms with E-state index in [-0.39, 0.29) is 28.5 Å². The van der Waals surface area contributed by atoms with Crippen molar-refractivity contribution in [3.05, 3.63) is 74.9 Å². The minimum atomic E-state index is -0.560. The van der Waals surface area contributed by atoms with Crippen LogP contribution < -0.4 is 5.32 Å². The van der Waals surface area contributed by atoms with Crippen LogP contribution in [0.1, 0.15) is 23.9 Å². The Kier molecular flexibility index (Phi) is 5.46. The molecule has 0 unspecified atom stereocenters. The van der Waals surface area contributed by atoms with E-state index in [0.29, 0.717) is 6.54 Å². The van der Waals surface area contributed by atoms with E-state index in [0.717, 1.165) is 28.3 Å². The number of hydrogen-bond donors (Lipinski definition) is 1. The lowest BCUT2D eigenvalue weighted by Crippen LogP contribution is -2.34. The summed E-state index contributed by atoms with van der Waals surface area (Å²) in [6.45, 7) is 0.568. The summed E-state index contributed by atoms with van der Waals surface area (Å²) < 4.78 is 0. The summed E-state index contributed by atoms with van der Waals surface area (Å²) in [6.07, 6.45) is 3.48. The van der Waals surface area contributed by atoms with Crippen LogP contribution in [0.3, 0.4) is 0 Å². The monoisotopic (exact) mass is 428 g/mol. The van der Waals surface area contributed by atoms with Crippen LogP contribution in [0.5, 0.6) is 0 Å². The molecule has 1 saturated heterocycles. The number of hydrogen-bond acceptors (Lipinski definition) is 5. The van der Waals surface area contributed by atoms with Gasteiger partial charge in [0.25, 0.3) is 5.69 Å². The maximum atomic E-state index is 12.9. The van der Waals surface area contributed by atoms with Crippen molar-refractivity contribution in [3.8, 4) is 10.4 Å². The van der Waals surface area contributed by atoms with Crippen molar-refractivity contribution in [2.75, 3.05) is 11.9 Å². The topological polar surface area (TPSA) is 88.4 Å². The molecule has 0 radical (unpaired) electrons. The van der Waals surface area contributed by atoms with E-state index < -0.39 is 4.92 Å². The highest BCUT2D eigenvalue weighted by Gasteiger charge is 2.33. The zero-order valence-corrected chi connectivity index (χ0v) is 16.8. The summed E-state index contributed by atoms with van der Waals surface area (Å²) in [5.74, 6) is 0. The molecule has 29 heavy (non-hydrogen) atoms. The molecule has 0 saturated carbocycles. The lowest BCUT2D eigenvalue weighted by atomic mass is 10.2. The van der Waals surface area contributed by atoms with E-state index in [2.05, 4.69) is 10.3 Å². The second kappa shape index (κ2) is 8.18. The fourth-order valence-corrected chi connectivity index (χ4v) is 4.63. The van der Waals surface area contributed by atoms with Crippen LogP contribution in [0.2, 0.25) is 5.02 Å². The number of halogens is 1. The number of nitro groups is 1. The molecule has 7 nitrogen and oxygen atoms in total. The van der Waals surface area contributed by atoms with Crippen LogP contribution in [0.15, 0.2) is 54.7 Å². The largest absolute Gasteiger partial charge is 0.322 e. The zero-order valence-electron chi connectivity index (χ0n) is 15.2. The number of benzene rings is 2. The summed E-state index contributed by atoms with van der Waals surface area (Å²) in [5.41, 5.74) is 0.975. The van der Waals surface area contributed by atoms with Crippen LogP contribution in [0, 0.1) is 10.1 Å². The number of amides is 2. The molecule has 1 aromatic heterocycles. The molecule has 9 heteroatoms. The van der Waals surface area contributed by atoms with Gasteiger partial charge >= 0.3 is 6.03 Å². The zero-order chi connectivity index (χ0) is 20.4. The number of carbonyl (C=O) groups is 1. The number of carbonyl (C=O) groups excluding carboxylic acids is 1. The number of anilines is 1. The number of thiazole rings is 1. The maximum absolute atomic E-state index is 12.9. The molecular formula is C20H17ClN4O3S. The number of rotatable bonds is 4. The smallest absolute Gasteiger partial charge is 0.315 e. The van der Waals surface area contributed by atoms with E-state index in [1.807, 2.05) is 36.5 Å². The van der Waals surface area contributed by atoms with Crippen molar-refractivity contribution in [1.29, 1.82) is 0 Å². The first-order valence-corrected chi connectivity index (χ1v) is 10.2. The first-order chi connectivity index (χ1) is 14.0. The molecule has 2 amide bonds. The van der Waals surface area contributed by atoms with E-state index in [1.54, 1.807) is 16.2 Å².